The first-order chi connectivity index (χ1) is 8.70. The molecular formula is C14H18N2OS. The maximum atomic E-state index is 12.2. The summed E-state index contributed by atoms with van der Waals surface area (Å²) in [6.07, 6.45) is 4.44. The van der Waals surface area contributed by atoms with E-state index in [1.54, 1.807) is 11.8 Å². The van der Waals surface area contributed by atoms with Crippen molar-refractivity contribution < 1.29 is 4.79 Å². The van der Waals surface area contributed by atoms with Gasteiger partial charge in [-0.25, -0.2) is 0 Å². The van der Waals surface area contributed by atoms with Crippen molar-refractivity contribution in [3.8, 4) is 0 Å². The van der Waals surface area contributed by atoms with Gasteiger partial charge in [0, 0.05) is 10.9 Å². The topological polar surface area (TPSA) is 32.3 Å². The molecule has 3 rings (SSSR count). The zero-order valence-corrected chi connectivity index (χ0v) is 11.5. The maximum Gasteiger partial charge on any atom is 0.241 e. The van der Waals surface area contributed by atoms with Crippen LogP contribution in [0.15, 0.2) is 29.2 Å². The molecule has 2 unspecified atom stereocenters. The minimum Gasteiger partial charge on any atom is -0.319 e. The van der Waals surface area contributed by atoms with E-state index in [0.29, 0.717) is 6.04 Å². The van der Waals surface area contributed by atoms with Crippen LogP contribution in [0.3, 0.4) is 0 Å². The van der Waals surface area contributed by atoms with Gasteiger partial charge in [-0.05, 0) is 43.7 Å². The fourth-order valence-electron chi connectivity index (χ4n) is 2.53. The number of amides is 1. The molecule has 0 radical (unpaired) electrons. The van der Waals surface area contributed by atoms with Crippen molar-refractivity contribution in [1.82, 2.24) is 10.2 Å². The fourth-order valence-corrected chi connectivity index (χ4v) is 2.93. The number of rotatable bonds is 3. The number of nitrogens with one attached hydrogen (secondary N) is 1. The Kier molecular flexibility index (Phi) is 3.08. The third-order valence-electron chi connectivity index (χ3n) is 3.68. The average Bonchev–Trinajstić information content (AvgIpc) is 3.18. The van der Waals surface area contributed by atoms with Crippen LogP contribution in [0, 0.1) is 0 Å². The molecule has 1 aliphatic heterocycles. The Labute approximate surface area is 112 Å². The first kappa shape index (κ1) is 12.1. The molecule has 0 spiro atoms. The van der Waals surface area contributed by atoms with Crippen LogP contribution in [0.25, 0.3) is 0 Å². The number of hydrogen-bond donors (Lipinski definition) is 1. The van der Waals surface area contributed by atoms with Gasteiger partial charge in [0.15, 0.2) is 0 Å². The van der Waals surface area contributed by atoms with Crippen molar-refractivity contribution in [2.45, 2.75) is 42.9 Å². The van der Waals surface area contributed by atoms with Crippen molar-refractivity contribution >= 4 is 17.7 Å². The van der Waals surface area contributed by atoms with E-state index in [-0.39, 0.29) is 18.1 Å². The average molecular weight is 262 g/mol. The van der Waals surface area contributed by atoms with Crippen molar-refractivity contribution in [1.29, 1.82) is 0 Å². The highest BCUT2D eigenvalue weighted by molar-refractivity contribution is 7.98. The maximum absolute atomic E-state index is 12.2. The van der Waals surface area contributed by atoms with Crippen LogP contribution in [0.2, 0.25) is 0 Å². The Balaban J connectivity index is 1.87. The minimum atomic E-state index is -0.0594. The van der Waals surface area contributed by atoms with E-state index in [9.17, 15) is 4.79 Å². The molecule has 18 heavy (non-hydrogen) atoms. The molecule has 96 valence electrons. The van der Waals surface area contributed by atoms with Crippen LogP contribution in [-0.4, -0.2) is 29.1 Å². The highest BCUT2D eigenvalue weighted by atomic mass is 32.2. The number of nitrogens with zero attached hydrogens (tertiary/aromatic N) is 1. The molecule has 1 heterocycles. The largest absolute Gasteiger partial charge is 0.319 e. The standard InChI is InChI=1S/C14H18N2OS/c1-9-14(17)16(11-5-6-11)13(15-9)10-3-7-12(18-2)8-4-10/h3-4,7-9,11,13,15H,5-6H2,1-2H3. The van der Waals surface area contributed by atoms with Gasteiger partial charge in [0.2, 0.25) is 5.91 Å². The predicted octanol–water partition coefficient (Wildman–Crippen LogP) is 2.39. The van der Waals surface area contributed by atoms with Gasteiger partial charge in [-0.15, -0.1) is 11.8 Å². The molecule has 2 aliphatic rings. The number of carbonyl (C=O) groups is 1. The first-order valence-electron chi connectivity index (χ1n) is 6.43. The van der Waals surface area contributed by atoms with E-state index in [2.05, 4.69) is 35.8 Å². The number of thioether (sulfide) groups is 1. The molecule has 2 atom stereocenters. The predicted molar refractivity (Wildman–Crippen MR) is 73.4 cm³/mol. The van der Waals surface area contributed by atoms with Gasteiger partial charge in [-0.2, -0.15) is 0 Å². The molecule has 1 amide bonds. The van der Waals surface area contributed by atoms with Crippen LogP contribution in [-0.2, 0) is 4.79 Å². The lowest BCUT2D eigenvalue weighted by Crippen LogP contribution is -2.32. The first-order valence-corrected chi connectivity index (χ1v) is 7.65. The Morgan fingerprint density at radius 2 is 1.94 bits per heavy atom. The number of hydrogen-bond acceptors (Lipinski definition) is 3. The van der Waals surface area contributed by atoms with Crippen molar-refractivity contribution in [3.63, 3.8) is 0 Å². The molecule has 1 saturated heterocycles. The van der Waals surface area contributed by atoms with Crippen LogP contribution < -0.4 is 5.32 Å². The molecule has 1 N–H and O–H groups in total. The monoisotopic (exact) mass is 262 g/mol. The lowest BCUT2D eigenvalue weighted by molar-refractivity contribution is -0.130. The second-order valence-electron chi connectivity index (χ2n) is 5.04. The summed E-state index contributed by atoms with van der Waals surface area (Å²) in [4.78, 5) is 15.5. The molecule has 1 aromatic carbocycles. The van der Waals surface area contributed by atoms with Crippen molar-refractivity contribution in [3.05, 3.63) is 29.8 Å². The zero-order chi connectivity index (χ0) is 12.7. The quantitative estimate of drug-likeness (QED) is 0.849. The Hall–Kier alpha value is -1.00. The van der Waals surface area contributed by atoms with Gasteiger partial charge >= 0.3 is 0 Å². The molecule has 0 aromatic heterocycles. The van der Waals surface area contributed by atoms with Gasteiger partial charge in [-0.3, -0.25) is 10.1 Å². The van der Waals surface area contributed by atoms with E-state index < -0.39 is 0 Å². The molecule has 1 saturated carbocycles. The summed E-state index contributed by atoms with van der Waals surface area (Å²) in [7, 11) is 0. The van der Waals surface area contributed by atoms with Gasteiger partial charge in [-0.1, -0.05) is 12.1 Å². The van der Waals surface area contributed by atoms with Gasteiger partial charge < -0.3 is 4.90 Å². The molecule has 0 bridgehead atoms. The highest BCUT2D eigenvalue weighted by Crippen LogP contribution is 2.37. The van der Waals surface area contributed by atoms with Gasteiger partial charge in [0.05, 0.1) is 6.04 Å². The number of carbonyl (C=O) groups excluding carboxylic acids is 1. The zero-order valence-electron chi connectivity index (χ0n) is 10.7. The minimum absolute atomic E-state index is 0.0594. The lowest BCUT2D eigenvalue weighted by Gasteiger charge is -2.24. The smallest absolute Gasteiger partial charge is 0.241 e. The molecule has 3 nitrogen and oxygen atoms in total. The van der Waals surface area contributed by atoms with E-state index in [1.165, 1.54) is 10.5 Å². The van der Waals surface area contributed by atoms with E-state index in [1.807, 2.05) is 11.8 Å². The second-order valence-corrected chi connectivity index (χ2v) is 5.92. The van der Waals surface area contributed by atoms with Crippen LogP contribution in [0.5, 0.6) is 0 Å². The molecule has 4 heteroatoms. The molecule has 1 aliphatic carbocycles. The van der Waals surface area contributed by atoms with Crippen LogP contribution in [0.4, 0.5) is 0 Å². The number of benzene rings is 1. The summed E-state index contributed by atoms with van der Waals surface area (Å²) in [5, 5.41) is 3.40. The second kappa shape index (κ2) is 4.59. The van der Waals surface area contributed by atoms with Gasteiger partial charge in [0.1, 0.15) is 6.17 Å². The summed E-state index contributed by atoms with van der Waals surface area (Å²) in [5.41, 5.74) is 1.19. The molecule has 1 aromatic rings. The van der Waals surface area contributed by atoms with Crippen LogP contribution in [0.1, 0.15) is 31.5 Å². The highest BCUT2D eigenvalue weighted by Gasteiger charge is 2.44. The van der Waals surface area contributed by atoms with Crippen molar-refractivity contribution in [2.75, 3.05) is 6.26 Å². The van der Waals surface area contributed by atoms with E-state index in [4.69, 9.17) is 0 Å². The fraction of sp³-hybridized carbons (Fsp3) is 0.500. The summed E-state index contributed by atoms with van der Waals surface area (Å²) in [6.45, 7) is 1.95. The third kappa shape index (κ3) is 2.04. The molecule has 2 fully saturated rings. The van der Waals surface area contributed by atoms with E-state index in [0.717, 1.165) is 12.8 Å². The SMILES string of the molecule is CSc1ccc(C2NC(C)C(=O)N2C2CC2)cc1. The van der Waals surface area contributed by atoms with Crippen LogP contribution >= 0.6 is 11.8 Å². The Morgan fingerprint density at radius 1 is 1.28 bits per heavy atom. The van der Waals surface area contributed by atoms with Gasteiger partial charge in [0.25, 0.3) is 0 Å². The summed E-state index contributed by atoms with van der Waals surface area (Å²) < 4.78 is 0. The normalized spacial score (nSPS) is 27.9. The lowest BCUT2D eigenvalue weighted by atomic mass is 10.1. The summed E-state index contributed by atoms with van der Waals surface area (Å²) in [6, 6.07) is 8.91. The van der Waals surface area contributed by atoms with Crippen molar-refractivity contribution in [2.24, 2.45) is 0 Å². The third-order valence-corrected chi connectivity index (χ3v) is 4.43. The summed E-state index contributed by atoms with van der Waals surface area (Å²) >= 11 is 1.74. The molecular weight excluding hydrogens is 244 g/mol. The van der Waals surface area contributed by atoms with E-state index >= 15 is 0 Å². The summed E-state index contributed by atoms with van der Waals surface area (Å²) in [5.74, 6) is 0.247. The Bertz CT molecular complexity index is 455. The Morgan fingerprint density at radius 3 is 2.50 bits per heavy atom.